The summed E-state index contributed by atoms with van der Waals surface area (Å²) in [5.74, 6) is 1.59. The van der Waals surface area contributed by atoms with E-state index in [0.717, 1.165) is 50.3 Å². The van der Waals surface area contributed by atoms with E-state index in [2.05, 4.69) is 31.6 Å². The lowest BCUT2D eigenvalue weighted by atomic mass is 9.99. The van der Waals surface area contributed by atoms with Gasteiger partial charge >= 0.3 is 0 Å². The highest BCUT2D eigenvalue weighted by Gasteiger charge is 2.20. The van der Waals surface area contributed by atoms with E-state index in [1.807, 2.05) is 11.6 Å². The summed E-state index contributed by atoms with van der Waals surface area (Å²) in [5.41, 5.74) is 6.18. The van der Waals surface area contributed by atoms with Crippen molar-refractivity contribution in [2.75, 3.05) is 57.3 Å². The largest absolute Gasteiger partial charge is 0.370 e. The quantitative estimate of drug-likeness (QED) is 0.419. The SMILES string of the molecule is CC1CCN(CCN=C(N)N2CCN(c3nccs3)CC2)CC1.I. The van der Waals surface area contributed by atoms with Gasteiger partial charge in [0, 0.05) is 44.3 Å². The van der Waals surface area contributed by atoms with E-state index in [0.29, 0.717) is 5.96 Å². The van der Waals surface area contributed by atoms with E-state index in [4.69, 9.17) is 5.73 Å². The van der Waals surface area contributed by atoms with Crippen LogP contribution in [0.1, 0.15) is 19.8 Å². The standard InChI is InChI=1S/C16H28N6S.HI/c1-14-2-6-20(7-3-14)8-4-18-15(17)21-9-11-22(12-10-21)16-19-5-13-23-16;/h5,13-14H,2-4,6-12H2,1H3,(H2,17,18);1H. The second-order valence-corrected chi connectivity index (χ2v) is 7.43. The molecule has 1 aromatic heterocycles. The molecular weight excluding hydrogens is 435 g/mol. The van der Waals surface area contributed by atoms with Gasteiger partial charge in [-0.1, -0.05) is 6.92 Å². The van der Waals surface area contributed by atoms with E-state index in [1.54, 1.807) is 11.3 Å². The number of piperidine rings is 1. The summed E-state index contributed by atoms with van der Waals surface area (Å²) >= 11 is 1.70. The first-order chi connectivity index (χ1) is 11.2. The predicted molar refractivity (Wildman–Crippen MR) is 113 cm³/mol. The van der Waals surface area contributed by atoms with Crippen molar-refractivity contribution < 1.29 is 0 Å². The molecule has 0 radical (unpaired) electrons. The minimum absolute atomic E-state index is 0. The number of piperazine rings is 1. The zero-order valence-corrected chi connectivity index (χ0v) is 17.6. The van der Waals surface area contributed by atoms with Crippen LogP contribution in [0.4, 0.5) is 5.13 Å². The van der Waals surface area contributed by atoms with Crippen molar-refractivity contribution in [1.29, 1.82) is 0 Å². The Balaban J connectivity index is 0.00000208. The van der Waals surface area contributed by atoms with Gasteiger partial charge in [-0.25, -0.2) is 4.98 Å². The van der Waals surface area contributed by atoms with E-state index in [-0.39, 0.29) is 24.0 Å². The van der Waals surface area contributed by atoms with Crippen LogP contribution < -0.4 is 10.6 Å². The van der Waals surface area contributed by atoms with Crippen molar-refractivity contribution in [3.63, 3.8) is 0 Å². The van der Waals surface area contributed by atoms with Gasteiger partial charge in [-0.15, -0.1) is 35.3 Å². The number of anilines is 1. The molecule has 0 saturated carbocycles. The summed E-state index contributed by atoms with van der Waals surface area (Å²) in [4.78, 5) is 16.0. The summed E-state index contributed by atoms with van der Waals surface area (Å²) in [6.45, 7) is 10.4. The number of halogens is 1. The second kappa shape index (κ2) is 9.76. The highest BCUT2D eigenvalue weighted by Crippen LogP contribution is 2.19. The number of aliphatic imine (C=N–C) groups is 1. The zero-order chi connectivity index (χ0) is 16.1. The van der Waals surface area contributed by atoms with Crippen molar-refractivity contribution >= 4 is 46.4 Å². The molecule has 2 fully saturated rings. The molecule has 136 valence electrons. The number of hydrogen-bond acceptors (Lipinski definition) is 5. The minimum Gasteiger partial charge on any atom is -0.370 e. The normalized spacial score (nSPS) is 21.0. The molecule has 3 rings (SSSR count). The molecule has 2 aliphatic heterocycles. The molecule has 2 N–H and O–H groups in total. The zero-order valence-electron chi connectivity index (χ0n) is 14.4. The Morgan fingerprint density at radius 3 is 2.58 bits per heavy atom. The lowest BCUT2D eigenvalue weighted by Crippen LogP contribution is -2.51. The lowest BCUT2D eigenvalue weighted by Gasteiger charge is -2.35. The first-order valence-electron chi connectivity index (χ1n) is 8.64. The van der Waals surface area contributed by atoms with Crippen molar-refractivity contribution in [3.05, 3.63) is 11.6 Å². The van der Waals surface area contributed by atoms with E-state index >= 15 is 0 Å². The monoisotopic (exact) mass is 464 g/mol. The Morgan fingerprint density at radius 2 is 1.96 bits per heavy atom. The van der Waals surface area contributed by atoms with Crippen LogP contribution in [0, 0.1) is 5.92 Å². The molecule has 0 atom stereocenters. The average molecular weight is 464 g/mol. The summed E-state index contributed by atoms with van der Waals surface area (Å²) < 4.78 is 0. The maximum atomic E-state index is 6.18. The Morgan fingerprint density at radius 1 is 1.25 bits per heavy atom. The van der Waals surface area contributed by atoms with Crippen LogP contribution >= 0.6 is 35.3 Å². The average Bonchev–Trinajstić information content (AvgIpc) is 3.11. The minimum atomic E-state index is 0. The summed E-state index contributed by atoms with van der Waals surface area (Å²) in [6.07, 6.45) is 4.50. The van der Waals surface area contributed by atoms with Crippen LogP contribution in [-0.4, -0.2) is 73.1 Å². The maximum absolute atomic E-state index is 6.18. The molecule has 6 nitrogen and oxygen atoms in total. The fourth-order valence-corrected chi connectivity index (χ4v) is 3.89. The van der Waals surface area contributed by atoms with Crippen LogP contribution in [0.15, 0.2) is 16.6 Å². The molecule has 3 heterocycles. The summed E-state index contributed by atoms with van der Waals surface area (Å²) in [5, 5.41) is 3.14. The Hall–Kier alpha value is -0.610. The van der Waals surface area contributed by atoms with Crippen molar-refractivity contribution in [2.45, 2.75) is 19.8 Å². The van der Waals surface area contributed by atoms with Gasteiger partial charge in [0.15, 0.2) is 11.1 Å². The topological polar surface area (TPSA) is 61.0 Å². The van der Waals surface area contributed by atoms with Crippen LogP contribution in [0.25, 0.3) is 0 Å². The number of guanidine groups is 1. The van der Waals surface area contributed by atoms with Crippen LogP contribution in [-0.2, 0) is 0 Å². The molecular formula is C16H29IN6S. The Kier molecular flexibility index (Phi) is 8.02. The van der Waals surface area contributed by atoms with E-state index in [9.17, 15) is 0 Å². The van der Waals surface area contributed by atoms with Gasteiger partial charge in [-0.2, -0.15) is 0 Å². The van der Waals surface area contributed by atoms with Crippen LogP contribution in [0.5, 0.6) is 0 Å². The third-order valence-corrected chi connectivity index (χ3v) is 5.69. The van der Waals surface area contributed by atoms with Gasteiger partial charge in [0.25, 0.3) is 0 Å². The van der Waals surface area contributed by atoms with Crippen molar-refractivity contribution in [2.24, 2.45) is 16.6 Å². The van der Waals surface area contributed by atoms with Gasteiger partial charge in [-0.3, -0.25) is 4.99 Å². The van der Waals surface area contributed by atoms with E-state index < -0.39 is 0 Å². The second-order valence-electron chi connectivity index (χ2n) is 6.55. The molecule has 1 aromatic rings. The lowest BCUT2D eigenvalue weighted by molar-refractivity contribution is 0.197. The number of rotatable bonds is 4. The molecule has 0 spiro atoms. The molecule has 2 aliphatic rings. The first-order valence-corrected chi connectivity index (χ1v) is 9.52. The number of nitrogens with zero attached hydrogens (tertiary/aromatic N) is 5. The van der Waals surface area contributed by atoms with Crippen molar-refractivity contribution in [3.8, 4) is 0 Å². The van der Waals surface area contributed by atoms with Gasteiger partial charge in [0.05, 0.1) is 6.54 Å². The summed E-state index contributed by atoms with van der Waals surface area (Å²) in [7, 11) is 0. The smallest absolute Gasteiger partial charge is 0.191 e. The molecule has 8 heteroatoms. The van der Waals surface area contributed by atoms with Crippen LogP contribution in [0.2, 0.25) is 0 Å². The Bertz CT molecular complexity index is 493. The molecule has 0 bridgehead atoms. The molecule has 0 unspecified atom stereocenters. The van der Waals surface area contributed by atoms with Gasteiger partial charge < -0.3 is 20.4 Å². The number of thiazole rings is 1. The summed E-state index contributed by atoms with van der Waals surface area (Å²) in [6, 6.07) is 0. The number of aromatic nitrogens is 1. The molecule has 0 aliphatic carbocycles. The number of likely N-dealkylation sites (tertiary alicyclic amines) is 1. The number of nitrogens with two attached hydrogens (primary N) is 1. The van der Waals surface area contributed by atoms with Gasteiger partial charge in [-0.05, 0) is 31.8 Å². The number of hydrogen-bond donors (Lipinski definition) is 1. The molecule has 2 saturated heterocycles. The van der Waals surface area contributed by atoms with Crippen LogP contribution in [0.3, 0.4) is 0 Å². The molecule has 0 amide bonds. The molecule has 0 aromatic carbocycles. The highest BCUT2D eigenvalue weighted by molar-refractivity contribution is 14.0. The van der Waals surface area contributed by atoms with Crippen molar-refractivity contribution in [1.82, 2.24) is 14.8 Å². The predicted octanol–water partition coefficient (Wildman–Crippen LogP) is 1.93. The fraction of sp³-hybridized carbons (Fsp3) is 0.750. The fourth-order valence-electron chi connectivity index (χ4n) is 3.19. The third-order valence-electron chi connectivity index (χ3n) is 4.86. The highest BCUT2D eigenvalue weighted by atomic mass is 127. The molecule has 24 heavy (non-hydrogen) atoms. The Labute approximate surface area is 166 Å². The first kappa shape index (κ1) is 19.7. The third kappa shape index (κ3) is 5.45. The van der Waals surface area contributed by atoms with Gasteiger partial charge in [0.2, 0.25) is 0 Å². The maximum Gasteiger partial charge on any atom is 0.191 e. The van der Waals surface area contributed by atoms with Gasteiger partial charge in [0.1, 0.15) is 0 Å². The van der Waals surface area contributed by atoms with E-state index in [1.165, 1.54) is 25.9 Å².